The lowest BCUT2D eigenvalue weighted by atomic mass is 10.1. The summed E-state index contributed by atoms with van der Waals surface area (Å²) in [4.78, 5) is 23.3. The highest BCUT2D eigenvalue weighted by atomic mass is 16.5. The van der Waals surface area contributed by atoms with Crippen LogP contribution in [-0.4, -0.2) is 32.3 Å². The van der Waals surface area contributed by atoms with Crippen LogP contribution in [0.2, 0.25) is 0 Å². The van der Waals surface area contributed by atoms with Gasteiger partial charge in [0.15, 0.2) is 6.61 Å². The van der Waals surface area contributed by atoms with Crippen molar-refractivity contribution in [2.75, 3.05) is 20.3 Å². The lowest BCUT2D eigenvalue weighted by Gasteiger charge is -2.13. The van der Waals surface area contributed by atoms with Crippen molar-refractivity contribution in [2.24, 2.45) is 0 Å². The van der Waals surface area contributed by atoms with Gasteiger partial charge >= 0.3 is 5.63 Å². The van der Waals surface area contributed by atoms with Crippen LogP contribution in [-0.2, 0) is 16.0 Å². The number of benzene rings is 1. The first kappa shape index (κ1) is 17.0. The van der Waals surface area contributed by atoms with Crippen LogP contribution in [0, 0.1) is 0 Å². The molecule has 1 heterocycles. The summed E-state index contributed by atoms with van der Waals surface area (Å²) in [5.74, 6) is 0.238. The largest absolute Gasteiger partial charge is 0.484 e. The fourth-order valence-electron chi connectivity index (χ4n) is 2.35. The van der Waals surface area contributed by atoms with Gasteiger partial charge in [-0.05, 0) is 31.0 Å². The van der Waals surface area contributed by atoms with Gasteiger partial charge in [0.2, 0.25) is 0 Å². The van der Waals surface area contributed by atoms with Crippen LogP contribution in [0.4, 0.5) is 0 Å². The smallest absolute Gasteiger partial charge is 0.336 e. The number of hydrogen-bond donors (Lipinski definition) is 1. The zero-order valence-corrected chi connectivity index (χ0v) is 13.5. The number of fused-ring (bicyclic) bond motifs is 1. The van der Waals surface area contributed by atoms with E-state index in [9.17, 15) is 9.59 Å². The molecule has 0 radical (unpaired) electrons. The van der Waals surface area contributed by atoms with Crippen LogP contribution in [0.1, 0.15) is 19.4 Å². The lowest BCUT2D eigenvalue weighted by molar-refractivity contribution is -0.124. The minimum atomic E-state index is -0.391. The molecule has 0 spiro atoms. The number of ether oxygens (including phenoxy) is 2. The number of rotatable bonds is 7. The van der Waals surface area contributed by atoms with Crippen molar-refractivity contribution in [2.45, 2.75) is 26.3 Å². The van der Waals surface area contributed by atoms with E-state index in [0.717, 1.165) is 17.4 Å². The maximum atomic E-state index is 11.8. The minimum Gasteiger partial charge on any atom is -0.484 e. The summed E-state index contributed by atoms with van der Waals surface area (Å²) in [5.41, 5.74) is 0.992. The molecule has 2 aromatic rings. The van der Waals surface area contributed by atoms with E-state index >= 15 is 0 Å². The molecule has 6 nitrogen and oxygen atoms in total. The predicted molar refractivity (Wildman–Crippen MR) is 86.8 cm³/mol. The summed E-state index contributed by atoms with van der Waals surface area (Å²) >= 11 is 0. The molecule has 0 saturated carbocycles. The molecular formula is C17H21NO5. The Morgan fingerprint density at radius 3 is 2.83 bits per heavy atom. The number of carbonyl (C=O) groups excluding carboxylic acids is 1. The van der Waals surface area contributed by atoms with Gasteiger partial charge in [0, 0.05) is 30.7 Å². The molecule has 1 aromatic heterocycles. The third-order valence-corrected chi connectivity index (χ3v) is 3.38. The van der Waals surface area contributed by atoms with Crippen molar-refractivity contribution in [3.05, 3.63) is 40.2 Å². The second kappa shape index (κ2) is 7.78. The van der Waals surface area contributed by atoms with Gasteiger partial charge in [-0.15, -0.1) is 0 Å². The first-order valence-corrected chi connectivity index (χ1v) is 7.51. The Morgan fingerprint density at radius 1 is 1.35 bits per heavy atom. The molecule has 1 aromatic carbocycles. The fourth-order valence-corrected chi connectivity index (χ4v) is 2.35. The molecule has 6 heteroatoms. The molecule has 0 fully saturated rings. The molecule has 0 aliphatic carbocycles. The van der Waals surface area contributed by atoms with Crippen LogP contribution >= 0.6 is 0 Å². The van der Waals surface area contributed by atoms with Gasteiger partial charge in [-0.2, -0.15) is 0 Å². The first-order chi connectivity index (χ1) is 11.0. The molecule has 2 rings (SSSR count). The predicted octanol–water partition coefficient (Wildman–Crippen LogP) is 1.89. The van der Waals surface area contributed by atoms with Crippen molar-refractivity contribution in [1.29, 1.82) is 0 Å². The fraction of sp³-hybridized carbons (Fsp3) is 0.412. The molecule has 0 aliphatic rings. The van der Waals surface area contributed by atoms with E-state index in [4.69, 9.17) is 13.9 Å². The van der Waals surface area contributed by atoms with Crippen LogP contribution in [0.15, 0.2) is 33.5 Å². The minimum absolute atomic E-state index is 0.0853. The zero-order valence-electron chi connectivity index (χ0n) is 13.5. The molecule has 1 unspecified atom stereocenters. The third kappa shape index (κ3) is 4.56. The molecule has 0 saturated heterocycles. The van der Waals surface area contributed by atoms with Gasteiger partial charge in [-0.1, -0.05) is 6.92 Å². The van der Waals surface area contributed by atoms with Crippen molar-refractivity contribution < 1.29 is 18.7 Å². The van der Waals surface area contributed by atoms with Gasteiger partial charge in [-0.25, -0.2) is 4.79 Å². The number of hydrogen-bond acceptors (Lipinski definition) is 5. The number of methoxy groups -OCH3 is 1. The molecule has 1 atom stereocenters. The van der Waals surface area contributed by atoms with Gasteiger partial charge < -0.3 is 19.2 Å². The highest BCUT2D eigenvalue weighted by Gasteiger charge is 2.09. The van der Waals surface area contributed by atoms with Crippen molar-refractivity contribution >= 4 is 16.9 Å². The Kier molecular flexibility index (Phi) is 5.76. The average molecular weight is 319 g/mol. The molecule has 124 valence electrons. The highest BCUT2D eigenvalue weighted by Crippen LogP contribution is 2.22. The lowest BCUT2D eigenvalue weighted by Crippen LogP contribution is -2.38. The van der Waals surface area contributed by atoms with Gasteiger partial charge in [0.05, 0.1) is 6.61 Å². The van der Waals surface area contributed by atoms with Gasteiger partial charge in [-0.3, -0.25) is 4.79 Å². The average Bonchev–Trinajstić information content (AvgIpc) is 2.51. The van der Waals surface area contributed by atoms with Crippen molar-refractivity contribution in [3.63, 3.8) is 0 Å². The van der Waals surface area contributed by atoms with E-state index in [1.165, 1.54) is 6.07 Å². The quantitative estimate of drug-likeness (QED) is 0.789. The first-order valence-electron chi connectivity index (χ1n) is 7.51. The Morgan fingerprint density at radius 2 is 2.13 bits per heavy atom. The third-order valence-electron chi connectivity index (χ3n) is 3.38. The zero-order chi connectivity index (χ0) is 16.8. The van der Waals surface area contributed by atoms with Crippen LogP contribution in [0.3, 0.4) is 0 Å². The van der Waals surface area contributed by atoms with Crippen LogP contribution in [0.5, 0.6) is 5.75 Å². The van der Waals surface area contributed by atoms with E-state index in [-0.39, 0.29) is 18.6 Å². The molecule has 0 bridgehead atoms. The second-order valence-electron chi connectivity index (χ2n) is 5.31. The SMILES string of the molecule is CCc1cc(=O)oc2cc(OCC(=O)NC(C)COC)ccc12. The van der Waals surface area contributed by atoms with Crippen LogP contribution in [0.25, 0.3) is 11.0 Å². The summed E-state index contributed by atoms with van der Waals surface area (Å²) in [6, 6.07) is 6.62. The maximum absolute atomic E-state index is 11.8. The Balaban J connectivity index is 2.07. The number of carbonyl (C=O) groups is 1. The maximum Gasteiger partial charge on any atom is 0.336 e. The molecule has 23 heavy (non-hydrogen) atoms. The molecule has 0 aliphatic heterocycles. The summed E-state index contributed by atoms with van der Waals surface area (Å²) in [6.45, 7) is 4.15. The van der Waals surface area contributed by atoms with E-state index in [2.05, 4.69) is 5.32 Å². The summed E-state index contributed by atoms with van der Waals surface area (Å²) < 4.78 is 15.6. The van der Waals surface area contributed by atoms with Gasteiger partial charge in [0.1, 0.15) is 11.3 Å². The number of nitrogens with one attached hydrogen (secondary N) is 1. The molecule has 1 amide bonds. The highest BCUT2D eigenvalue weighted by molar-refractivity contribution is 5.82. The topological polar surface area (TPSA) is 77.8 Å². The van der Waals surface area contributed by atoms with Crippen molar-refractivity contribution in [3.8, 4) is 5.75 Å². The van der Waals surface area contributed by atoms with Gasteiger partial charge in [0.25, 0.3) is 5.91 Å². The normalized spacial score (nSPS) is 12.1. The Labute approximate surface area is 134 Å². The Bertz CT molecular complexity index is 737. The number of aryl methyl sites for hydroxylation is 1. The van der Waals surface area contributed by atoms with Crippen LogP contribution < -0.4 is 15.7 Å². The summed E-state index contributed by atoms with van der Waals surface area (Å²) in [7, 11) is 1.58. The monoisotopic (exact) mass is 319 g/mol. The summed E-state index contributed by atoms with van der Waals surface area (Å²) in [5, 5.41) is 3.63. The molecule has 1 N–H and O–H groups in total. The number of amides is 1. The van der Waals surface area contributed by atoms with Crippen molar-refractivity contribution in [1.82, 2.24) is 5.32 Å². The van der Waals surface area contributed by atoms with E-state index in [1.54, 1.807) is 19.2 Å². The second-order valence-corrected chi connectivity index (χ2v) is 5.31. The Hall–Kier alpha value is -2.34. The van der Waals surface area contributed by atoms with E-state index in [0.29, 0.717) is 17.9 Å². The van der Waals surface area contributed by atoms with E-state index in [1.807, 2.05) is 19.9 Å². The summed E-state index contributed by atoms with van der Waals surface area (Å²) in [6.07, 6.45) is 0.738. The van der Waals surface area contributed by atoms with E-state index < -0.39 is 5.63 Å². The standard InChI is InChI=1S/C17H21NO5/c1-4-12-7-17(20)23-15-8-13(5-6-14(12)15)22-10-16(19)18-11(2)9-21-3/h5-8,11H,4,9-10H2,1-3H3,(H,18,19). The molecular weight excluding hydrogens is 298 g/mol.